The molecule has 0 spiro atoms. The Balaban J connectivity index is 2.27. The van der Waals surface area contributed by atoms with E-state index < -0.39 is 0 Å². The highest BCUT2D eigenvalue weighted by Gasteiger charge is 1.94. The third-order valence-corrected chi connectivity index (χ3v) is 3.08. The third kappa shape index (κ3) is 3.50. The maximum atomic E-state index is 8.49. The van der Waals surface area contributed by atoms with Crippen molar-refractivity contribution in [1.82, 2.24) is 5.32 Å². The molecule has 1 heterocycles. The first kappa shape index (κ1) is 9.44. The fourth-order valence-corrected chi connectivity index (χ4v) is 2.17. The minimum atomic E-state index is 0.210. The van der Waals surface area contributed by atoms with Crippen LogP contribution in [0.25, 0.3) is 0 Å². The predicted molar refractivity (Wildman–Crippen MR) is 55.8 cm³/mol. The SMILES string of the molecule is OCCNCc1csc(I)c1. The number of aliphatic hydroxyl groups excluding tert-OH is 1. The van der Waals surface area contributed by atoms with Gasteiger partial charge in [0.1, 0.15) is 0 Å². The lowest BCUT2D eigenvalue weighted by Crippen LogP contribution is -2.16. The number of hydrogen-bond donors (Lipinski definition) is 2. The molecule has 62 valence electrons. The first-order valence-electron chi connectivity index (χ1n) is 3.37. The molecule has 1 aromatic heterocycles. The molecule has 0 aliphatic carbocycles. The van der Waals surface area contributed by atoms with Crippen LogP contribution in [-0.2, 0) is 6.54 Å². The van der Waals surface area contributed by atoms with Crippen LogP contribution in [0.2, 0.25) is 0 Å². The summed E-state index contributed by atoms with van der Waals surface area (Å²) in [7, 11) is 0. The van der Waals surface area contributed by atoms with Crippen molar-refractivity contribution >= 4 is 33.9 Å². The Morgan fingerprint density at radius 3 is 3.00 bits per heavy atom. The summed E-state index contributed by atoms with van der Waals surface area (Å²) >= 11 is 4.05. The van der Waals surface area contributed by atoms with E-state index in [9.17, 15) is 0 Å². The van der Waals surface area contributed by atoms with E-state index in [0.717, 1.165) is 6.54 Å². The smallest absolute Gasteiger partial charge is 0.0656 e. The van der Waals surface area contributed by atoms with Crippen LogP contribution >= 0.6 is 33.9 Å². The largest absolute Gasteiger partial charge is 0.395 e. The van der Waals surface area contributed by atoms with E-state index in [0.29, 0.717) is 6.54 Å². The molecule has 0 aromatic carbocycles. The van der Waals surface area contributed by atoms with Crippen molar-refractivity contribution in [1.29, 1.82) is 0 Å². The molecule has 0 aliphatic heterocycles. The van der Waals surface area contributed by atoms with Crippen LogP contribution in [0, 0.1) is 2.88 Å². The second-order valence-corrected chi connectivity index (χ2v) is 4.96. The minimum absolute atomic E-state index is 0.210. The summed E-state index contributed by atoms with van der Waals surface area (Å²) in [6, 6.07) is 2.15. The zero-order valence-corrected chi connectivity index (χ0v) is 8.98. The molecule has 4 heteroatoms. The van der Waals surface area contributed by atoms with E-state index in [-0.39, 0.29) is 6.61 Å². The van der Waals surface area contributed by atoms with Gasteiger partial charge in [0.2, 0.25) is 0 Å². The normalized spacial score (nSPS) is 10.4. The molecule has 0 amide bonds. The topological polar surface area (TPSA) is 32.3 Å². The van der Waals surface area contributed by atoms with Crippen LogP contribution in [0.15, 0.2) is 11.4 Å². The number of thiophene rings is 1. The average molecular weight is 283 g/mol. The lowest BCUT2D eigenvalue weighted by Gasteiger charge is -1.97. The quantitative estimate of drug-likeness (QED) is 0.647. The zero-order chi connectivity index (χ0) is 8.10. The van der Waals surface area contributed by atoms with Gasteiger partial charge in [-0.2, -0.15) is 0 Å². The maximum absolute atomic E-state index is 8.49. The van der Waals surface area contributed by atoms with Gasteiger partial charge in [0.05, 0.1) is 9.49 Å². The minimum Gasteiger partial charge on any atom is -0.395 e. The number of halogens is 1. The second kappa shape index (κ2) is 5.08. The summed E-state index contributed by atoms with van der Waals surface area (Å²) in [6.07, 6.45) is 0. The second-order valence-electron chi connectivity index (χ2n) is 2.16. The molecular weight excluding hydrogens is 273 g/mol. The van der Waals surface area contributed by atoms with Gasteiger partial charge in [0.25, 0.3) is 0 Å². The van der Waals surface area contributed by atoms with E-state index >= 15 is 0 Å². The summed E-state index contributed by atoms with van der Waals surface area (Å²) in [4.78, 5) is 0. The molecule has 11 heavy (non-hydrogen) atoms. The van der Waals surface area contributed by atoms with Crippen molar-refractivity contribution in [3.05, 3.63) is 19.9 Å². The predicted octanol–water partition coefficient (Wildman–Crippen LogP) is 1.43. The van der Waals surface area contributed by atoms with Gasteiger partial charge < -0.3 is 10.4 Å². The number of hydrogen-bond acceptors (Lipinski definition) is 3. The highest BCUT2D eigenvalue weighted by atomic mass is 127. The fraction of sp³-hybridized carbons (Fsp3) is 0.429. The zero-order valence-electron chi connectivity index (χ0n) is 6.01. The van der Waals surface area contributed by atoms with E-state index in [4.69, 9.17) is 5.11 Å². The Bertz CT molecular complexity index is 214. The van der Waals surface area contributed by atoms with Crippen molar-refractivity contribution in [2.24, 2.45) is 0 Å². The fourth-order valence-electron chi connectivity index (χ4n) is 0.750. The first-order chi connectivity index (χ1) is 5.33. The Kier molecular flexibility index (Phi) is 4.36. The number of rotatable bonds is 4. The molecule has 1 aromatic rings. The van der Waals surface area contributed by atoms with Crippen molar-refractivity contribution in [3.63, 3.8) is 0 Å². The Morgan fingerprint density at radius 2 is 2.45 bits per heavy atom. The number of aliphatic hydroxyl groups is 1. The Labute approximate surface area is 83.8 Å². The molecule has 2 N–H and O–H groups in total. The molecular formula is C7H10INOS. The summed E-state index contributed by atoms with van der Waals surface area (Å²) in [5, 5.41) is 13.7. The molecule has 0 radical (unpaired) electrons. The third-order valence-electron chi connectivity index (χ3n) is 1.24. The van der Waals surface area contributed by atoms with Crippen molar-refractivity contribution < 1.29 is 5.11 Å². The van der Waals surface area contributed by atoms with Gasteiger partial charge in [-0.25, -0.2) is 0 Å². The van der Waals surface area contributed by atoms with Crippen molar-refractivity contribution in [2.75, 3.05) is 13.2 Å². The lowest BCUT2D eigenvalue weighted by atomic mass is 10.3. The summed E-state index contributed by atoms with van der Waals surface area (Å²) in [6.45, 7) is 1.74. The lowest BCUT2D eigenvalue weighted by molar-refractivity contribution is 0.292. The van der Waals surface area contributed by atoms with Crippen molar-refractivity contribution in [2.45, 2.75) is 6.54 Å². The van der Waals surface area contributed by atoms with Crippen LogP contribution in [0.1, 0.15) is 5.56 Å². The van der Waals surface area contributed by atoms with Crippen molar-refractivity contribution in [3.8, 4) is 0 Å². The van der Waals surface area contributed by atoms with Gasteiger partial charge in [0.15, 0.2) is 0 Å². The van der Waals surface area contributed by atoms with Crippen LogP contribution in [0.5, 0.6) is 0 Å². The van der Waals surface area contributed by atoms with Gasteiger partial charge in [-0.15, -0.1) is 11.3 Å². The standard InChI is InChI=1S/C7H10INOS/c8-7-3-6(5-11-7)4-9-1-2-10/h3,5,9-10H,1-2,4H2. The van der Waals surface area contributed by atoms with Crippen LogP contribution < -0.4 is 5.32 Å². The van der Waals surface area contributed by atoms with E-state index in [1.807, 2.05) is 0 Å². The molecule has 1 rings (SSSR count). The Hall–Kier alpha value is 0.350. The van der Waals surface area contributed by atoms with Gasteiger partial charge in [-0.05, 0) is 39.6 Å². The Morgan fingerprint density at radius 1 is 1.64 bits per heavy atom. The molecule has 2 nitrogen and oxygen atoms in total. The first-order valence-corrected chi connectivity index (χ1v) is 5.33. The number of nitrogens with one attached hydrogen (secondary N) is 1. The van der Waals surface area contributed by atoms with Crippen LogP contribution in [0.3, 0.4) is 0 Å². The van der Waals surface area contributed by atoms with Gasteiger partial charge in [-0.3, -0.25) is 0 Å². The van der Waals surface area contributed by atoms with Gasteiger partial charge in [-0.1, -0.05) is 0 Å². The summed E-state index contributed by atoms with van der Waals surface area (Å²) in [5.41, 5.74) is 1.30. The monoisotopic (exact) mass is 283 g/mol. The maximum Gasteiger partial charge on any atom is 0.0656 e. The highest BCUT2D eigenvalue weighted by Crippen LogP contribution is 2.15. The molecule has 0 atom stereocenters. The molecule has 0 aliphatic rings. The molecule has 0 saturated heterocycles. The van der Waals surface area contributed by atoms with E-state index in [2.05, 4.69) is 39.4 Å². The summed E-state index contributed by atoms with van der Waals surface area (Å²) < 4.78 is 1.31. The molecule has 0 saturated carbocycles. The van der Waals surface area contributed by atoms with Gasteiger partial charge >= 0.3 is 0 Å². The van der Waals surface area contributed by atoms with E-state index in [1.54, 1.807) is 11.3 Å². The highest BCUT2D eigenvalue weighted by molar-refractivity contribution is 14.1. The summed E-state index contributed by atoms with van der Waals surface area (Å²) in [5.74, 6) is 0. The molecule has 0 bridgehead atoms. The van der Waals surface area contributed by atoms with Gasteiger partial charge in [0, 0.05) is 13.1 Å². The average Bonchev–Trinajstić information content (AvgIpc) is 2.37. The van der Waals surface area contributed by atoms with Crippen LogP contribution in [0.4, 0.5) is 0 Å². The van der Waals surface area contributed by atoms with E-state index in [1.165, 1.54) is 8.45 Å². The van der Waals surface area contributed by atoms with Crippen LogP contribution in [-0.4, -0.2) is 18.3 Å². The molecule has 0 unspecified atom stereocenters. The molecule has 0 fully saturated rings.